The normalized spacial score (nSPS) is 14.1. The quantitative estimate of drug-likeness (QED) is 0.382. The van der Waals surface area contributed by atoms with E-state index >= 15 is 0 Å². The van der Waals surface area contributed by atoms with Crippen molar-refractivity contribution < 1.29 is 4.74 Å². The minimum atomic E-state index is 0.745. The maximum absolute atomic E-state index is 5.26. The van der Waals surface area contributed by atoms with Crippen LogP contribution in [0, 0.1) is 20.8 Å². The number of hydrogen-bond acceptors (Lipinski definition) is 5. The molecule has 0 aliphatic carbocycles. The zero-order chi connectivity index (χ0) is 22.5. The van der Waals surface area contributed by atoms with Gasteiger partial charge in [-0.15, -0.1) is 0 Å². The van der Waals surface area contributed by atoms with E-state index in [1.807, 2.05) is 56.7 Å². The first-order valence-corrected chi connectivity index (χ1v) is 11.0. The minimum Gasteiger partial charge on any atom is -0.372 e. The van der Waals surface area contributed by atoms with Crippen LogP contribution in [0.2, 0.25) is 0 Å². The fourth-order valence-corrected chi connectivity index (χ4v) is 4.15. The third-order valence-corrected chi connectivity index (χ3v) is 5.98. The largest absolute Gasteiger partial charge is 0.372 e. The van der Waals surface area contributed by atoms with Gasteiger partial charge in [0.05, 0.1) is 13.2 Å². The number of rotatable bonds is 0. The van der Waals surface area contributed by atoms with Crippen molar-refractivity contribution in [2.75, 3.05) is 7.05 Å². The van der Waals surface area contributed by atoms with E-state index in [1.54, 1.807) is 0 Å². The van der Waals surface area contributed by atoms with Gasteiger partial charge in [-0.05, 0) is 68.1 Å². The van der Waals surface area contributed by atoms with Gasteiger partial charge < -0.3 is 4.74 Å². The van der Waals surface area contributed by atoms with Crippen LogP contribution in [0.3, 0.4) is 0 Å². The van der Waals surface area contributed by atoms with Gasteiger partial charge in [-0.25, -0.2) is 0 Å². The lowest BCUT2D eigenvalue weighted by atomic mass is 10.1. The Morgan fingerprint density at radius 3 is 2.06 bits per heavy atom. The van der Waals surface area contributed by atoms with Crippen molar-refractivity contribution in [3.8, 4) is 0 Å². The summed E-state index contributed by atoms with van der Waals surface area (Å²) in [5.74, 6) is 0. The van der Waals surface area contributed by atoms with Gasteiger partial charge in [-0.1, -0.05) is 24.3 Å². The molecule has 164 valence electrons. The summed E-state index contributed by atoms with van der Waals surface area (Å²) >= 11 is 0. The number of aromatic nitrogens is 3. The Kier molecular flexibility index (Phi) is 6.88. The van der Waals surface area contributed by atoms with E-state index < -0.39 is 0 Å². The second-order valence-corrected chi connectivity index (χ2v) is 8.35. The summed E-state index contributed by atoms with van der Waals surface area (Å²) in [7, 11) is 2.14. The molecule has 0 saturated carbocycles. The molecule has 3 aromatic heterocycles. The van der Waals surface area contributed by atoms with Crippen LogP contribution >= 0.6 is 0 Å². The molecule has 0 amide bonds. The summed E-state index contributed by atoms with van der Waals surface area (Å²) in [4.78, 5) is 14.9. The monoisotopic (exact) mass is 426 g/mol. The number of aryl methyl sites for hydroxylation is 3. The van der Waals surface area contributed by atoms with Crippen molar-refractivity contribution in [1.82, 2.24) is 19.9 Å². The van der Waals surface area contributed by atoms with Crippen molar-refractivity contribution in [3.05, 3.63) is 100 Å². The van der Waals surface area contributed by atoms with Crippen LogP contribution in [0.15, 0.2) is 61.1 Å². The second-order valence-electron chi connectivity index (χ2n) is 8.35. The molecule has 0 bridgehead atoms. The zero-order valence-corrected chi connectivity index (χ0v) is 19.3. The number of fused-ring (bicyclic) bond motifs is 3. The first-order valence-electron chi connectivity index (χ1n) is 11.0. The maximum Gasteiger partial charge on any atom is 0.0742 e. The lowest BCUT2D eigenvalue weighted by Gasteiger charge is -2.03. The Bertz CT molecular complexity index is 1220. The number of benzene rings is 1. The van der Waals surface area contributed by atoms with E-state index in [4.69, 9.17) is 4.74 Å². The van der Waals surface area contributed by atoms with Crippen LogP contribution in [0.5, 0.6) is 0 Å². The van der Waals surface area contributed by atoms with E-state index in [2.05, 4.69) is 52.0 Å². The fraction of sp³-hybridized carbons (Fsp3) is 0.296. The molecule has 1 aromatic carbocycles. The Labute approximate surface area is 190 Å². The second kappa shape index (κ2) is 9.98. The zero-order valence-electron chi connectivity index (χ0n) is 19.3. The lowest BCUT2D eigenvalue weighted by molar-refractivity contribution is 0.134. The van der Waals surface area contributed by atoms with E-state index in [0.29, 0.717) is 0 Å². The molecule has 6 rings (SSSR count). The summed E-state index contributed by atoms with van der Waals surface area (Å²) < 4.78 is 5.26. The molecular formula is C27H30N4O. The van der Waals surface area contributed by atoms with Crippen LogP contribution in [0.25, 0.3) is 10.8 Å². The predicted molar refractivity (Wildman–Crippen MR) is 128 cm³/mol. The average molecular weight is 427 g/mol. The number of pyridine rings is 3. The molecule has 5 heteroatoms. The van der Waals surface area contributed by atoms with Crippen molar-refractivity contribution in [2.45, 2.75) is 47.1 Å². The topological polar surface area (TPSA) is 51.1 Å². The van der Waals surface area contributed by atoms with Crippen molar-refractivity contribution in [1.29, 1.82) is 0 Å². The molecule has 0 saturated heterocycles. The van der Waals surface area contributed by atoms with E-state index in [-0.39, 0.29) is 0 Å². The van der Waals surface area contributed by atoms with Crippen LogP contribution < -0.4 is 0 Å². The third kappa shape index (κ3) is 5.01. The fourth-order valence-electron chi connectivity index (χ4n) is 4.15. The summed E-state index contributed by atoms with van der Waals surface area (Å²) in [6.07, 6.45) is 5.58. The molecule has 5 heterocycles. The molecule has 2 aliphatic heterocycles. The maximum atomic E-state index is 5.26. The first-order chi connectivity index (χ1) is 15.5. The smallest absolute Gasteiger partial charge is 0.0742 e. The van der Waals surface area contributed by atoms with E-state index in [9.17, 15) is 0 Å². The SMILES string of the molecule is Cc1nccc2c1CN(C)C2.Cc1nccc2c1COC2.Cc1nccc2ccccc12. The van der Waals surface area contributed by atoms with Crippen molar-refractivity contribution in [2.24, 2.45) is 0 Å². The number of ether oxygens (including phenoxy) is 1. The highest BCUT2D eigenvalue weighted by atomic mass is 16.5. The highest BCUT2D eigenvalue weighted by molar-refractivity contribution is 5.83. The van der Waals surface area contributed by atoms with Gasteiger partial charge in [-0.3, -0.25) is 19.9 Å². The Morgan fingerprint density at radius 1 is 0.688 bits per heavy atom. The summed E-state index contributed by atoms with van der Waals surface area (Å²) in [5, 5.41) is 2.51. The van der Waals surface area contributed by atoms with Crippen LogP contribution in [0.4, 0.5) is 0 Å². The van der Waals surface area contributed by atoms with Gasteiger partial charge >= 0.3 is 0 Å². The molecule has 4 aromatic rings. The van der Waals surface area contributed by atoms with Crippen molar-refractivity contribution in [3.63, 3.8) is 0 Å². The summed E-state index contributed by atoms with van der Waals surface area (Å²) in [6, 6.07) is 14.4. The average Bonchev–Trinajstić information content (AvgIpc) is 3.43. The molecule has 0 spiro atoms. The molecule has 0 N–H and O–H groups in total. The molecule has 32 heavy (non-hydrogen) atoms. The Morgan fingerprint density at radius 2 is 1.34 bits per heavy atom. The van der Waals surface area contributed by atoms with E-state index in [1.165, 1.54) is 38.7 Å². The minimum absolute atomic E-state index is 0.745. The van der Waals surface area contributed by atoms with Gasteiger partial charge in [0, 0.05) is 59.7 Å². The molecular weight excluding hydrogens is 396 g/mol. The number of nitrogens with zero attached hydrogens (tertiary/aromatic N) is 4. The van der Waals surface area contributed by atoms with Gasteiger partial charge in [0.2, 0.25) is 0 Å². The summed E-state index contributed by atoms with van der Waals surface area (Å²) in [5.41, 5.74) is 8.84. The predicted octanol–water partition coefficient (Wildman–Crippen LogP) is 5.30. The first kappa shape index (κ1) is 22.1. The standard InChI is InChI=1S/C10H9N.C9H12N2.C8H9NO/c1-8-10-5-3-2-4-9(10)6-7-11-8;1-7-9-6-11(2)5-8(9)3-4-10-7;1-6-8-5-10-4-7(8)2-3-9-6/h2-7H,1H3;3-4H,5-6H2,1-2H3;2-3H,4-5H2,1H3. The van der Waals surface area contributed by atoms with Crippen LogP contribution in [-0.2, 0) is 31.0 Å². The van der Waals surface area contributed by atoms with E-state index in [0.717, 1.165) is 37.7 Å². The highest BCUT2D eigenvalue weighted by Gasteiger charge is 2.16. The van der Waals surface area contributed by atoms with Gasteiger partial charge in [-0.2, -0.15) is 0 Å². The van der Waals surface area contributed by atoms with Crippen LogP contribution in [-0.4, -0.2) is 26.9 Å². The highest BCUT2D eigenvalue weighted by Crippen LogP contribution is 2.22. The molecule has 0 fully saturated rings. The van der Waals surface area contributed by atoms with Gasteiger partial charge in [0.15, 0.2) is 0 Å². The third-order valence-electron chi connectivity index (χ3n) is 5.98. The van der Waals surface area contributed by atoms with Crippen LogP contribution in [0.1, 0.15) is 39.3 Å². The number of hydrogen-bond donors (Lipinski definition) is 0. The van der Waals surface area contributed by atoms with Crippen molar-refractivity contribution >= 4 is 10.8 Å². The molecule has 0 radical (unpaired) electrons. The molecule has 5 nitrogen and oxygen atoms in total. The molecule has 0 unspecified atom stereocenters. The summed E-state index contributed by atoms with van der Waals surface area (Å²) in [6.45, 7) is 9.79. The molecule has 2 aliphatic rings. The Balaban J connectivity index is 0.000000115. The molecule has 0 atom stereocenters. The Hall–Kier alpha value is -3.15. The van der Waals surface area contributed by atoms with Gasteiger partial charge in [0.25, 0.3) is 0 Å². The lowest BCUT2D eigenvalue weighted by Crippen LogP contribution is -2.07. The van der Waals surface area contributed by atoms with Gasteiger partial charge in [0.1, 0.15) is 0 Å².